The highest BCUT2D eigenvalue weighted by molar-refractivity contribution is 6.12. The molecule has 4 atom stereocenters. The lowest BCUT2D eigenvalue weighted by molar-refractivity contribution is -0.135. The van der Waals surface area contributed by atoms with Crippen LogP contribution in [0.3, 0.4) is 0 Å². The Morgan fingerprint density at radius 3 is 2.68 bits per heavy atom. The molecule has 3 heterocycles. The Morgan fingerprint density at radius 1 is 1.18 bits per heavy atom. The molecule has 1 aliphatic carbocycles. The van der Waals surface area contributed by atoms with Gasteiger partial charge in [-0.3, -0.25) is 9.59 Å². The number of carbonyl (C=O) groups excluding carboxylic acids is 2. The molecule has 5 nitrogen and oxygen atoms in total. The van der Waals surface area contributed by atoms with Gasteiger partial charge in [-0.05, 0) is 30.9 Å². The van der Waals surface area contributed by atoms with Gasteiger partial charge in [-0.2, -0.15) is 0 Å². The molecule has 2 bridgehead atoms. The number of fused-ring (bicyclic) bond motifs is 4. The number of nitrogens with zero attached hydrogens (tertiary/aromatic N) is 1. The van der Waals surface area contributed by atoms with Gasteiger partial charge in [0.25, 0.3) is 0 Å². The van der Waals surface area contributed by atoms with Crippen LogP contribution in [0, 0.1) is 5.92 Å². The van der Waals surface area contributed by atoms with E-state index in [0.717, 1.165) is 37.2 Å². The Balaban J connectivity index is 1.42. The van der Waals surface area contributed by atoms with Gasteiger partial charge in [0.1, 0.15) is 0 Å². The summed E-state index contributed by atoms with van der Waals surface area (Å²) in [5.74, 6) is 0.00376. The number of anilines is 1. The van der Waals surface area contributed by atoms with Crippen molar-refractivity contribution in [3.63, 3.8) is 0 Å². The summed E-state index contributed by atoms with van der Waals surface area (Å²) >= 11 is 0. The number of hydrogen-bond donors (Lipinski definition) is 2. The van der Waals surface area contributed by atoms with Crippen molar-refractivity contribution in [2.45, 2.75) is 36.8 Å². The average molecular weight is 297 g/mol. The largest absolute Gasteiger partial charge is 0.339 e. The second-order valence-corrected chi connectivity index (χ2v) is 7.11. The van der Waals surface area contributed by atoms with Crippen molar-refractivity contribution >= 4 is 17.5 Å². The van der Waals surface area contributed by atoms with Crippen LogP contribution in [-0.2, 0) is 15.0 Å². The first kappa shape index (κ1) is 12.6. The Bertz CT molecular complexity index is 676. The van der Waals surface area contributed by atoms with Gasteiger partial charge in [0.05, 0.1) is 11.3 Å². The number of piperazine rings is 1. The summed E-state index contributed by atoms with van der Waals surface area (Å²) in [4.78, 5) is 27.4. The second kappa shape index (κ2) is 4.10. The predicted molar refractivity (Wildman–Crippen MR) is 81.4 cm³/mol. The van der Waals surface area contributed by atoms with E-state index in [9.17, 15) is 9.59 Å². The van der Waals surface area contributed by atoms with Crippen LogP contribution in [0.1, 0.15) is 24.8 Å². The van der Waals surface area contributed by atoms with Crippen LogP contribution < -0.4 is 10.6 Å². The Morgan fingerprint density at radius 2 is 1.91 bits per heavy atom. The zero-order valence-corrected chi connectivity index (χ0v) is 12.3. The molecule has 4 unspecified atom stereocenters. The standard InChI is InChI=1S/C17H19N3O2/c21-15(20-8-10-5-6-11(9-20)18-10)13-7-17(13)12-3-1-2-4-14(12)19-16(17)22/h1-4,10-11,13,18H,5-9H2,(H,19,22). The molecule has 5 heteroatoms. The summed E-state index contributed by atoms with van der Waals surface area (Å²) in [6, 6.07) is 8.68. The minimum atomic E-state index is -0.586. The lowest BCUT2D eigenvalue weighted by Crippen LogP contribution is -2.53. The first-order valence-corrected chi connectivity index (χ1v) is 8.14. The van der Waals surface area contributed by atoms with E-state index in [1.54, 1.807) is 0 Å². The van der Waals surface area contributed by atoms with Gasteiger partial charge in [0, 0.05) is 30.9 Å². The predicted octanol–water partition coefficient (Wildman–Crippen LogP) is 0.859. The molecule has 2 amide bonds. The molecule has 22 heavy (non-hydrogen) atoms. The van der Waals surface area contributed by atoms with E-state index in [2.05, 4.69) is 10.6 Å². The maximum absolute atomic E-state index is 12.9. The van der Waals surface area contributed by atoms with E-state index < -0.39 is 5.41 Å². The zero-order chi connectivity index (χ0) is 14.9. The first-order chi connectivity index (χ1) is 10.7. The van der Waals surface area contributed by atoms with Gasteiger partial charge < -0.3 is 15.5 Å². The molecule has 3 fully saturated rings. The first-order valence-electron chi connectivity index (χ1n) is 8.14. The van der Waals surface area contributed by atoms with Crippen molar-refractivity contribution in [2.24, 2.45) is 5.92 Å². The fourth-order valence-electron chi connectivity index (χ4n) is 4.64. The van der Waals surface area contributed by atoms with E-state index in [1.807, 2.05) is 29.2 Å². The number of likely N-dealkylation sites (tertiary alicyclic amines) is 1. The van der Waals surface area contributed by atoms with Crippen LogP contribution in [0.5, 0.6) is 0 Å². The minimum absolute atomic E-state index is 0.00477. The van der Waals surface area contributed by atoms with E-state index in [1.165, 1.54) is 0 Å². The lowest BCUT2D eigenvalue weighted by Gasteiger charge is -2.33. The van der Waals surface area contributed by atoms with E-state index in [0.29, 0.717) is 18.5 Å². The minimum Gasteiger partial charge on any atom is -0.339 e. The summed E-state index contributed by atoms with van der Waals surface area (Å²) in [7, 11) is 0. The smallest absolute Gasteiger partial charge is 0.235 e. The fourth-order valence-corrected chi connectivity index (χ4v) is 4.64. The molecule has 5 rings (SSSR count). The highest BCUT2D eigenvalue weighted by Gasteiger charge is 2.68. The molecule has 1 saturated carbocycles. The highest BCUT2D eigenvalue weighted by Crippen LogP contribution is 2.60. The quantitative estimate of drug-likeness (QED) is 0.808. The topological polar surface area (TPSA) is 61.4 Å². The molecule has 1 aromatic carbocycles. The number of benzene rings is 1. The normalized spacial score (nSPS) is 38.1. The summed E-state index contributed by atoms with van der Waals surface area (Å²) in [6.45, 7) is 1.59. The van der Waals surface area contributed by atoms with Gasteiger partial charge in [-0.15, -0.1) is 0 Å². The second-order valence-electron chi connectivity index (χ2n) is 7.11. The molecule has 1 aromatic rings. The molecule has 1 spiro atoms. The van der Waals surface area contributed by atoms with E-state index >= 15 is 0 Å². The zero-order valence-electron chi connectivity index (χ0n) is 12.3. The molecule has 114 valence electrons. The summed E-state index contributed by atoms with van der Waals surface area (Å²) < 4.78 is 0. The van der Waals surface area contributed by atoms with Crippen LogP contribution in [0.4, 0.5) is 5.69 Å². The third-order valence-corrected chi connectivity index (χ3v) is 5.85. The molecule has 3 aliphatic heterocycles. The SMILES string of the molecule is O=C(C1CC12C(=O)Nc1ccccc12)N1CC2CCC(C1)N2. The molecular formula is C17H19N3O2. The van der Waals surface area contributed by atoms with Crippen LogP contribution >= 0.6 is 0 Å². The number of nitrogens with one attached hydrogen (secondary N) is 2. The lowest BCUT2D eigenvalue weighted by atomic mass is 9.94. The van der Waals surface area contributed by atoms with Crippen molar-refractivity contribution < 1.29 is 9.59 Å². The van der Waals surface area contributed by atoms with Crippen molar-refractivity contribution in [3.05, 3.63) is 29.8 Å². The number of amides is 2. The third kappa shape index (κ3) is 1.52. The Labute approximate surface area is 129 Å². The number of para-hydroxylation sites is 1. The molecular weight excluding hydrogens is 278 g/mol. The van der Waals surface area contributed by atoms with Crippen LogP contribution in [0.15, 0.2) is 24.3 Å². The maximum Gasteiger partial charge on any atom is 0.235 e. The van der Waals surface area contributed by atoms with Crippen LogP contribution in [-0.4, -0.2) is 41.9 Å². The van der Waals surface area contributed by atoms with Gasteiger partial charge in [-0.25, -0.2) is 0 Å². The molecule has 2 saturated heterocycles. The highest BCUT2D eigenvalue weighted by atomic mass is 16.2. The summed E-state index contributed by atoms with van der Waals surface area (Å²) in [6.07, 6.45) is 2.98. The number of hydrogen-bond acceptors (Lipinski definition) is 3. The number of carbonyl (C=O) groups is 2. The molecule has 0 aromatic heterocycles. The van der Waals surface area contributed by atoms with E-state index in [4.69, 9.17) is 0 Å². The van der Waals surface area contributed by atoms with Gasteiger partial charge in [-0.1, -0.05) is 18.2 Å². The molecule has 4 aliphatic rings. The van der Waals surface area contributed by atoms with Crippen LogP contribution in [0.2, 0.25) is 0 Å². The fraction of sp³-hybridized carbons (Fsp3) is 0.529. The molecule has 0 radical (unpaired) electrons. The van der Waals surface area contributed by atoms with Crippen molar-refractivity contribution in [3.8, 4) is 0 Å². The van der Waals surface area contributed by atoms with Gasteiger partial charge in [0.2, 0.25) is 11.8 Å². The van der Waals surface area contributed by atoms with E-state index in [-0.39, 0.29) is 17.7 Å². The van der Waals surface area contributed by atoms with Crippen molar-refractivity contribution in [1.82, 2.24) is 10.2 Å². The number of rotatable bonds is 1. The monoisotopic (exact) mass is 297 g/mol. The summed E-state index contributed by atoms with van der Waals surface area (Å²) in [5, 5.41) is 6.49. The Kier molecular flexibility index (Phi) is 2.36. The average Bonchev–Trinajstić information content (AvgIpc) is 3.11. The van der Waals surface area contributed by atoms with Crippen molar-refractivity contribution in [2.75, 3.05) is 18.4 Å². The Hall–Kier alpha value is -1.88. The maximum atomic E-state index is 12.9. The van der Waals surface area contributed by atoms with Crippen molar-refractivity contribution in [1.29, 1.82) is 0 Å². The molecule has 2 N–H and O–H groups in total. The third-order valence-electron chi connectivity index (χ3n) is 5.85. The van der Waals surface area contributed by atoms with Gasteiger partial charge >= 0.3 is 0 Å². The summed E-state index contributed by atoms with van der Waals surface area (Å²) in [5.41, 5.74) is 1.30. The van der Waals surface area contributed by atoms with Crippen LogP contribution in [0.25, 0.3) is 0 Å². The van der Waals surface area contributed by atoms with Gasteiger partial charge in [0.15, 0.2) is 0 Å².